The van der Waals surface area contributed by atoms with Crippen LogP contribution in [0.2, 0.25) is 5.02 Å². The molecule has 0 saturated carbocycles. The molecule has 0 spiro atoms. The van der Waals surface area contributed by atoms with E-state index >= 15 is 0 Å². The molecule has 1 saturated heterocycles. The minimum absolute atomic E-state index is 0.193. The Balaban J connectivity index is 2.01. The summed E-state index contributed by atoms with van der Waals surface area (Å²) in [5.41, 5.74) is 6.97. The molecule has 1 heterocycles. The molecule has 2 N–H and O–H groups in total. The van der Waals surface area contributed by atoms with Crippen molar-refractivity contribution in [2.24, 2.45) is 10.7 Å². The summed E-state index contributed by atoms with van der Waals surface area (Å²) in [5, 5.41) is 0.696. The van der Waals surface area contributed by atoms with Crippen molar-refractivity contribution in [1.29, 1.82) is 0 Å². The lowest BCUT2D eigenvalue weighted by atomic mass is 10.2. The summed E-state index contributed by atoms with van der Waals surface area (Å²) in [7, 11) is 0. The highest BCUT2D eigenvalue weighted by atomic mass is 79.9. The van der Waals surface area contributed by atoms with E-state index in [0.717, 1.165) is 23.1 Å². The summed E-state index contributed by atoms with van der Waals surface area (Å²) in [6, 6.07) is 5.76. The number of guanidine groups is 1. The number of hydrogen-bond donors (Lipinski definition) is 1. The van der Waals surface area contributed by atoms with Gasteiger partial charge in [-0.05, 0) is 24.6 Å². The second-order valence-corrected chi connectivity index (χ2v) is 5.86. The quantitative estimate of drug-likeness (QED) is 0.661. The van der Waals surface area contributed by atoms with Crippen molar-refractivity contribution in [2.45, 2.75) is 19.6 Å². The lowest BCUT2D eigenvalue weighted by molar-refractivity contribution is 0.00529. The van der Waals surface area contributed by atoms with Crippen LogP contribution in [0.4, 0.5) is 0 Å². The molecule has 1 atom stereocenters. The zero-order chi connectivity index (χ0) is 13.8. The normalized spacial score (nSPS) is 20.7. The standard InChI is InChI=1S/C13H17BrClN3O/c1-9-8-18(4-5-19-9)13(16)17-7-10-2-3-11(14)6-12(10)15/h2-3,6,9H,4-5,7-8H2,1H3,(H2,16,17). The third-order valence-electron chi connectivity index (χ3n) is 2.99. The van der Waals surface area contributed by atoms with Gasteiger partial charge in [0.1, 0.15) is 0 Å². The number of nitrogens with two attached hydrogens (primary N) is 1. The second-order valence-electron chi connectivity index (χ2n) is 4.54. The van der Waals surface area contributed by atoms with E-state index in [4.69, 9.17) is 22.1 Å². The number of benzene rings is 1. The molecule has 0 aromatic heterocycles. The van der Waals surface area contributed by atoms with Crippen LogP contribution in [0, 0.1) is 0 Å². The zero-order valence-corrected chi connectivity index (χ0v) is 13.1. The van der Waals surface area contributed by atoms with Gasteiger partial charge in [0.25, 0.3) is 0 Å². The van der Waals surface area contributed by atoms with Crippen LogP contribution < -0.4 is 5.73 Å². The predicted octanol–water partition coefficient (Wildman–Crippen LogP) is 2.64. The number of morpholine rings is 1. The van der Waals surface area contributed by atoms with Gasteiger partial charge in [0, 0.05) is 22.6 Å². The fourth-order valence-corrected chi connectivity index (χ4v) is 2.68. The van der Waals surface area contributed by atoms with Gasteiger partial charge in [-0.15, -0.1) is 0 Å². The molecule has 0 amide bonds. The van der Waals surface area contributed by atoms with E-state index in [1.807, 2.05) is 30.0 Å². The highest BCUT2D eigenvalue weighted by molar-refractivity contribution is 9.10. The first-order chi connectivity index (χ1) is 9.06. The molecular weight excluding hydrogens is 330 g/mol. The van der Waals surface area contributed by atoms with Crippen molar-refractivity contribution < 1.29 is 4.74 Å². The number of rotatable bonds is 2. The zero-order valence-electron chi connectivity index (χ0n) is 10.8. The first kappa shape index (κ1) is 14.6. The first-order valence-electron chi connectivity index (χ1n) is 6.16. The van der Waals surface area contributed by atoms with Gasteiger partial charge in [-0.1, -0.05) is 33.6 Å². The van der Waals surface area contributed by atoms with Crippen LogP contribution >= 0.6 is 27.5 Å². The Bertz CT molecular complexity index is 481. The van der Waals surface area contributed by atoms with E-state index in [0.29, 0.717) is 24.1 Å². The Hall–Kier alpha value is -0.780. The Labute approximate surface area is 126 Å². The van der Waals surface area contributed by atoms with Gasteiger partial charge in [0.05, 0.1) is 19.3 Å². The van der Waals surface area contributed by atoms with Crippen LogP contribution in [0.3, 0.4) is 0 Å². The maximum absolute atomic E-state index is 6.15. The Morgan fingerprint density at radius 1 is 1.63 bits per heavy atom. The largest absolute Gasteiger partial charge is 0.375 e. The summed E-state index contributed by atoms with van der Waals surface area (Å²) >= 11 is 9.53. The highest BCUT2D eigenvalue weighted by Crippen LogP contribution is 2.22. The number of halogens is 2. The Morgan fingerprint density at radius 2 is 2.42 bits per heavy atom. The van der Waals surface area contributed by atoms with E-state index in [-0.39, 0.29) is 6.10 Å². The minimum atomic E-state index is 0.193. The molecular formula is C13H17BrClN3O. The fourth-order valence-electron chi connectivity index (χ4n) is 1.94. The average molecular weight is 347 g/mol. The molecule has 0 radical (unpaired) electrons. The van der Waals surface area contributed by atoms with Crippen molar-refractivity contribution in [3.05, 3.63) is 33.3 Å². The SMILES string of the molecule is CC1CN(C(N)=NCc2ccc(Br)cc2Cl)CCO1. The van der Waals surface area contributed by atoms with E-state index in [1.165, 1.54) is 0 Å². The maximum atomic E-state index is 6.15. The number of aliphatic imine (C=N–C) groups is 1. The number of ether oxygens (including phenoxy) is 1. The van der Waals surface area contributed by atoms with Gasteiger partial charge in [0.2, 0.25) is 0 Å². The molecule has 1 fully saturated rings. The van der Waals surface area contributed by atoms with Crippen molar-refractivity contribution in [2.75, 3.05) is 19.7 Å². The number of nitrogens with zero attached hydrogens (tertiary/aromatic N) is 2. The lowest BCUT2D eigenvalue weighted by Crippen LogP contribution is -2.47. The topological polar surface area (TPSA) is 50.8 Å². The van der Waals surface area contributed by atoms with Crippen molar-refractivity contribution in [3.63, 3.8) is 0 Å². The summed E-state index contributed by atoms with van der Waals surface area (Å²) in [6.07, 6.45) is 0.193. The van der Waals surface area contributed by atoms with Crippen molar-refractivity contribution in [1.82, 2.24) is 4.90 Å². The Morgan fingerprint density at radius 3 is 3.11 bits per heavy atom. The molecule has 104 valence electrons. The van der Waals surface area contributed by atoms with Crippen LogP contribution in [0.5, 0.6) is 0 Å². The van der Waals surface area contributed by atoms with Crippen LogP contribution in [-0.2, 0) is 11.3 Å². The molecule has 1 aromatic carbocycles. The van der Waals surface area contributed by atoms with Crippen molar-refractivity contribution >= 4 is 33.5 Å². The predicted molar refractivity (Wildman–Crippen MR) is 81.5 cm³/mol. The molecule has 1 aliphatic heterocycles. The summed E-state index contributed by atoms with van der Waals surface area (Å²) in [6.45, 7) is 4.78. The first-order valence-corrected chi connectivity index (χ1v) is 7.34. The summed E-state index contributed by atoms with van der Waals surface area (Å²) < 4.78 is 6.43. The van der Waals surface area contributed by atoms with Gasteiger partial charge >= 0.3 is 0 Å². The summed E-state index contributed by atoms with van der Waals surface area (Å²) in [4.78, 5) is 6.45. The number of hydrogen-bond acceptors (Lipinski definition) is 2. The molecule has 0 aliphatic carbocycles. The minimum Gasteiger partial charge on any atom is -0.375 e. The Kier molecular flexibility index (Phi) is 5.07. The van der Waals surface area contributed by atoms with Crippen molar-refractivity contribution in [3.8, 4) is 0 Å². The molecule has 19 heavy (non-hydrogen) atoms. The molecule has 4 nitrogen and oxygen atoms in total. The molecule has 1 aliphatic rings. The van der Waals surface area contributed by atoms with Crippen LogP contribution in [0.1, 0.15) is 12.5 Å². The molecule has 1 aromatic rings. The monoisotopic (exact) mass is 345 g/mol. The van der Waals surface area contributed by atoms with Gasteiger partial charge in [-0.25, -0.2) is 4.99 Å². The highest BCUT2D eigenvalue weighted by Gasteiger charge is 2.17. The smallest absolute Gasteiger partial charge is 0.191 e. The maximum Gasteiger partial charge on any atom is 0.191 e. The summed E-state index contributed by atoms with van der Waals surface area (Å²) in [5.74, 6) is 0.550. The molecule has 0 bridgehead atoms. The third-order valence-corrected chi connectivity index (χ3v) is 3.84. The van der Waals surface area contributed by atoms with Gasteiger partial charge in [-0.3, -0.25) is 0 Å². The molecule has 2 rings (SSSR count). The third kappa shape index (κ3) is 4.09. The van der Waals surface area contributed by atoms with E-state index in [2.05, 4.69) is 20.9 Å². The van der Waals surface area contributed by atoms with Gasteiger partial charge < -0.3 is 15.4 Å². The van der Waals surface area contributed by atoms with Gasteiger partial charge in [0.15, 0.2) is 5.96 Å². The van der Waals surface area contributed by atoms with Crippen LogP contribution in [0.25, 0.3) is 0 Å². The van der Waals surface area contributed by atoms with Gasteiger partial charge in [-0.2, -0.15) is 0 Å². The van der Waals surface area contributed by atoms with Crippen LogP contribution in [0.15, 0.2) is 27.7 Å². The molecule has 1 unspecified atom stereocenters. The second kappa shape index (κ2) is 6.59. The fraction of sp³-hybridized carbons (Fsp3) is 0.462. The molecule has 6 heteroatoms. The average Bonchev–Trinajstić information content (AvgIpc) is 2.37. The van der Waals surface area contributed by atoms with E-state index in [9.17, 15) is 0 Å². The van der Waals surface area contributed by atoms with E-state index < -0.39 is 0 Å². The lowest BCUT2D eigenvalue weighted by Gasteiger charge is -2.31. The van der Waals surface area contributed by atoms with Crippen LogP contribution in [-0.4, -0.2) is 36.7 Å². The van der Waals surface area contributed by atoms with E-state index in [1.54, 1.807) is 0 Å².